The van der Waals surface area contributed by atoms with Crippen LogP contribution in [-0.4, -0.2) is 46.2 Å². The van der Waals surface area contributed by atoms with E-state index in [2.05, 4.69) is 28.6 Å². The number of carbonyl (C=O) groups is 1. The topological polar surface area (TPSA) is 47.4 Å². The highest BCUT2D eigenvalue weighted by Gasteiger charge is 2.23. The van der Waals surface area contributed by atoms with Gasteiger partial charge in [-0.05, 0) is 25.0 Å². The van der Waals surface area contributed by atoms with E-state index >= 15 is 0 Å². The lowest BCUT2D eigenvalue weighted by atomic mass is 10.2. The van der Waals surface area contributed by atoms with E-state index in [0.29, 0.717) is 19.7 Å². The van der Waals surface area contributed by atoms with Crippen LogP contribution in [0.5, 0.6) is 0 Å². The molecular weight excluding hydrogens is 322 g/mol. The molecule has 0 unspecified atom stereocenters. The highest BCUT2D eigenvalue weighted by molar-refractivity contribution is 7.15. The highest BCUT2D eigenvalue weighted by atomic mass is 32.1. The number of thiophene rings is 1. The first-order valence-corrected chi connectivity index (χ1v) is 9.46. The van der Waals surface area contributed by atoms with Crippen LogP contribution in [-0.2, 0) is 22.5 Å². The molecule has 0 N–H and O–H groups in total. The Kier molecular flexibility index (Phi) is 5.68. The normalized spacial score (nSPS) is 18.1. The van der Waals surface area contributed by atoms with Crippen molar-refractivity contribution in [3.8, 4) is 10.7 Å². The molecule has 2 aromatic heterocycles. The van der Waals surface area contributed by atoms with Crippen LogP contribution in [0.3, 0.4) is 0 Å². The van der Waals surface area contributed by atoms with Crippen molar-refractivity contribution in [3.05, 3.63) is 29.4 Å². The van der Waals surface area contributed by atoms with Gasteiger partial charge < -0.3 is 14.2 Å². The van der Waals surface area contributed by atoms with Crippen LogP contribution in [0, 0.1) is 0 Å². The summed E-state index contributed by atoms with van der Waals surface area (Å²) < 4.78 is 7.98. The van der Waals surface area contributed by atoms with E-state index in [1.54, 1.807) is 6.92 Å². The molecule has 1 aliphatic rings. The Morgan fingerprint density at radius 2 is 2.33 bits per heavy atom. The van der Waals surface area contributed by atoms with Gasteiger partial charge in [0.15, 0.2) is 0 Å². The zero-order valence-corrected chi connectivity index (χ0v) is 15.2. The molecule has 130 valence electrons. The summed E-state index contributed by atoms with van der Waals surface area (Å²) in [6, 6.07) is 4.38. The fourth-order valence-electron chi connectivity index (χ4n) is 3.00. The Morgan fingerprint density at radius 1 is 1.46 bits per heavy atom. The lowest BCUT2D eigenvalue weighted by molar-refractivity contribution is -0.136. The number of amides is 1. The van der Waals surface area contributed by atoms with Crippen molar-refractivity contribution >= 4 is 17.2 Å². The number of unbranched alkanes of at least 4 members (excludes halogenated alkanes) is 1. The number of morpholine rings is 1. The zero-order chi connectivity index (χ0) is 16.9. The predicted octanol–water partition coefficient (Wildman–Crippen LogP) is 3.20. The Balaban J connectivity index is 1.69. The van der Waals surface area contributed by atoms with E-state index in [9.17, 15) is 4.79 Å². The maximum absolute atomic E-state index is 11.6. The van der Waals surface area contributed by atoms with Gasteiger partial charge in [0.1, 0.15) is 5.82 Å². The minimum atomic E-state index is 0.0233. The lowest BCUT2D eigenvalue weighted by Crippen LogP contribution is -2.46. The Labute approximate surface area is 147 Å². The van der Waals surface area contributed by atoms with Gasteiger partial charge in [0.2, 0.25) is 5.91 Å². The minimum Gasteiger partial charge on any atom is -0.373 e. The van der Waals surface area contributed by atoms with Gasteiger partial charge in [-0.15, -0.1) is 11.3 Å². The molecule has 1 aliphatic heterocycles. The lowest BCUT2D eigenvalue weighted by Gasteiger charge is -2.32. The molecule has 2 aromatic rings. The number of carbonyl (C=O) groups excluding carboxylic acids is 1. The van der Waals surface area contributed by atoms with E-state index in [1.807, 2.05) is 28.6 Å². The van der Waals surface area contributed by atoms with Gasteiger partial charge in [-0.2, -0.15) is 0 Å². The third-order valence-electron chi connectivity index (χ3n) is 4.36. The fourth-order valence-corrected chi connectivity index (χ4v) is 4.06. The predicted molar refractivity (Wildman–Crippen MR) is 96.1 cm³/mol. The summed E-state index contributed by atoms with van der Waals surface area (Å²) in [5.74, 6) is 1.11. The monoisotopic (exact) mass is 347 g/mol. The van der Waals surface area contributed by atoms with Crippen LogP contribution in [0.25, 0.3) is 10.7 Å². The Morgan fingerprint density at radius 3 is 3.12 bits per heavy atom. The van der Waals surface area contributed by atoms with Gasteiger partial charge in [-0.3, -0.25) is 4.79 Å². The number of nitrogens with zero attached hydrogens (tertiary/aromatic N) is 3. The summed E-state index contributed by atoms with van der Waals surface area (Å²) in [7, 11) is 0. The maximum Gasteiger partial charge on any atom is 0.219 e. The molecule has 1 fully saturated rings. The first-order valence-electron chi connectivity index (χ1n) is 8.64. The number of aromatic nitrogens is 2. The molecular formula is C18H25N3O2S. The summed E-state index contributed by atoms with van der Waals surface area (Å²) in [5, 5.41) is 0. The molecule has 0 aromatic carbocycles. The quantitative estimate of drug-likeness (QED) is 0.806. The van der Waals surface area contributed by atoms with E-state index < -0.39 is 0 Å². The molecule has 24 heavy (non-hydrogen) atoms. The van der Waals surface area contributed by atoms with Crippen molar-refractivity contribution in [3.63, 3.8) is 0 Å². The highest BCUT2D eigenvalue weighted by Crippen LogP contribution is 2.28. The number of hydrogen-bond donors (Lipinski definition) is 0. The molecule has 1 amide bonds. The zero-order valence-electron chi connectivity index (χ0n) is 14.4. The summed E-state index contributed by atoms with van der Waals surface area (Å²) in [6.07, 6.45) is 7.44. The third-order valence-corrected chi connectivity index (χ3v) is 5.50. The van der Waals surface area contributed by atoms with Crippen molar-refractivity contribution in [2.45, 2.75) is 45.8 Å². The first-order chi connectivity index (χ1) is 11.7. The minimum absolute atomic E-state index is 0.0233. The smallest absolute Gasteiger partial charge is 0.219 e. The van der Waals surface area contributed by atoms with Crippen molar-refractivity contribution in [2.75, 3.05) is 19.7 Å². The standard InChI is InChI=1S/C18H25N3O2S/c1-3-4-5-16-6-7-17(24-16)18-19-8-9-21(18)13-15-12-20(14(2)22)10-11-23-15/h6-9,15H,3-5,10-13H2,1-2H3/t15-/m1/s1. The van der Waals surface area contributed by atoms with Crippen LogP contribution < -0.4 is 0 Å². The molecule has 0 saturated carbocycles. The Bertz CT molecular complexity index is 679. The molecule has 6 heteroatoms. The van der Waals surface area contributed by atoms with Crippen LogP contribution in [0.15, 0.2) is 24.5 Å². The van der Waals surface area contributed by atoms with Crippen molar-refractivity contribution < 1.29 is 9.53 Å². The van der Waals surface area contributed by atoms with Gasteiger partial charge in [-0.25, -0.2) is 4.98 Å². The largest absolute Gasteiger partial charge is 0.373 e. The average Bonchev–Trinajstić information content (AvgIpc) is 3.22. The van der Waals surface area contributed by atoms with Crippen molar-refractivity contribution in [2.24, 2.45) is 0 Å². The number of imidazole rings is 1. The van der Waals surface area contributed by atoms with Gasteiger partial charge in [0.05, 0.1) is 24.1 Å². The Hall–Kier alpha value is -1.66. The van der Waals surface area contributed by atoms with E-state index in [1.165, 1.54) is 22.6 Å². The van der Waals surface area contributed by atoms with Crippen LogP contribution in [0.1, 0.15) is 31.6 Å². The second-order valence-corrected chi connectivity index (χ2v) is 7.40. The summed E-state index contributed by atoms with van der Waals surface area (Å²) in [5.41, 5.74) is 0. The second-order valence-electron chi connectivity index (χ2n) is 6.23. The van der Waals surface area contributed by atoms with Gasteiger partial charge >= 0.3 is 0 Å². The average molecular weight is 347 g/mol. The number of aryl methyl sites for hydroxylation is 1. The molecule has 3 heterocycles. The van der Waals surface area contributed by atoms with Crippen molar-refractivity contribution in [1.29, 1.82) is 0 Å². The number of rotatable bonds is 6. The molecule has 0 bridgehead atoms. The molecule has 0 radical (unpaired) electrons. The fraction of sp³-hybridized carbons (Fsp3) is 0.556. The number of ether oxygens (including phenoxy) is 1. The van der Waals surface area contributed by atoms with E-state index in [-0.39, 0.29) is 12.0 Å². The van der Waals surface area contributed by atoms with E-state index in [4.69, 9.17) is 4.74 Å². The van der Waals surface area contributed by atoms with Crippen LogP contribution in [0.4, 0.5) is 0 Å². The van der Waals surface area contributed by atoms with Crippen molar-refractivity contribution in [1.82, 2.24) is 14.5 Å². The second kappa shape index (κ2) is 7.94. The molecule has 0 aliphatic carbocycles. The molecule has 0 spiro atoms. The van der Waals surface area contributed by atoms with Crippen LogP contribution >= 0.6 is 11.3 Å². The van der Waals surface area contributed by atoms with E-state index in [0.717, 1.165) is 18.8 Å². The van der Waals surface area contributed by atoms with Crippen LogP contribution in [0.2, 0.25) is 0 Å². The molecule has 1 saturated heterocycles. The third kappa shape index (κ3) is 4.05. The van der Waals surface area contributed by atoms with Gasteiger partial charge in [0, 0.05) is 37.3 Å². The molecule has 1 atom stereocenters. The number of hydrogen-bond acceptors (Lipinski definition) is 4. The summed E-state index contributed by atoms with van der Waals surface area (Å²) in [4.78, 5) is 20.6. The van der Waals surface area contributed by atoms with Gasteiger partial charge in [-0.1, -0.05) is 13.3 Å². The summed E-state index contributed by atoms with van der Waals surface area (Å²) >= 11 is 1.82. The SMILES string of the molecule is CCCCc1ccc(-c2nccn2C[C@H]2CN(C(C)=O)CCO2)s1. The summed E-state index contributed by atoms with van der Waals surface area (Å²) in [6.45, 7) is 6.51. The maximum atomic E-state index is 11.6. The molecule has 5 nitrogen and oxygen atoms in total. The molecule has 3 rings (SSSR count). The first kappa shape index (κ1) is 17.2. The van der Waals surface area contributed by atoms with Gasteiger partial charge in [0.25, 0.3) is 0 Å².